The first-order chi connectivity index (χ1) is 14.7. The van der Waals surface area contributed by atoms with Crippen LogP contribution in [0.2, 0.25) is 0 Å². The molecule has 0 aliphatic heterocycles. The summed E-state index contributed by atoms with van der Waals surface area (Å²) < 4.78 is 15.8. The molecule has 1 nitrogen and oxygen atoms in total. The fraction of sp³-hybridized carbons (Fsp3) is 0.276. The number of hydrogen-bond donors (Lipinski definition) is 0. The number of halogens is 1. The summed E-state index contributed by atoms with van der Waals surface area (Å²) in [5.41, 5.74) is 11.1. The molecule has 0 unspecified atom stereocenters. The monoisotopic (exact) mass is 412 g/mol. The molecule has 0 aliphatic carbocycles. The first kappa shape index (κ1) is 21.2. The molecule has 0 spiro atoms. The van der Waals surface area contributed by atoms with Crippen molar-refractivity contribution in [1.29, 1.82) is 0 Å². The predicted octanol–water partition coefficient (Wildman–Crippen LogP) is 7.26. The minimum Gasteiger partial charge on any atom is -0.207 e. The number of aromatic nitrogens is 1. The highest BCUT2D eigenvalue weighted by Gasteiger charge is 2.20. The zero-order valence-electron chi connectivity index (χ0n) is 19.4. The van der Waals surface area contributed by atoms with E-state index in [0.717, 1.165) is 17.5 Å². The zero-order chi connectivity index (χ0) is 22.3. The van der Waals surface area contributed by atoms with Gasteiger partial charge in [0, 0.05) is 23.1 Å². The number of aryl methyl sites for hydroxylation is 3. The van der Waals surface area contributed by atoms with Crippen LogP contribution in [-0.4, -0.2) is 0 Å². The molecule has 0 atom stereocenters. The van der Waals surface area contributed by atoms with E-state index < -0.39 is 0 Å². The van der Waals surface area contributed by atoms with Crippen molar-refractivity contribution in [2.75, 3.05) is 0 Å². The van der Waals surface area contributed by atoms with Crippen molar-refractivity contribution in [2.45, 2.75) is 41.0 Å². The Morgan fingerprint density at radius 2 is 1.55 bits per heavy atom. The molecule has 0 saturated heterocycles. The summed E-state index contributed by atoms with van der Waals surface area (Å²) >= 11 is 0. The van der Waals surface area contributed by atoms with Gasteiger partial charge in [0.25, 0.3) is 0 Å². The molecule has 1 heterocycles. The van der Waals surface area contributed by atoms with Crippen LogP contribution in [0.4, 0.5) is 4.39 Å². The number of nitrogens with zero attached hydrogens (tertiary/aromatic N) is 1. The van der Waals surface area contributed by atoms with Gasteiger partial charge in [-0.25, -0.2) is 4.39 Å². The molecular weight excluding hydrogens is 381 g/mol. The molecule has 1 aromatic heterocycles. The highest BCUT2D eigenvalue weighted by atomic mass is 19.1. The summed E-state index contributed by atoms with van der Waals surface area (Å²) in [5.74, 6) is 0.350. The third-order valence-electron chi connectivity index (χ3n) is 6.27. The van der Waals surface area contributed by atoms with Crippen molar-refractivity contribution in [3.63, 3.8) is 0 Å². The average molecular weight is 413 g/mol. The summed E-state index contributed by atoms with van der Waals surface area (Å²) in [5, 5.41) is 1.29. The Hall–Kier alpha value is -3.00. The van der Waals surface area contributed by atoms with Crippen molar-refractivity contribution in [3.8, 4) is 22.4 Å². The minimum absolute atomic E-state index is 0.204. The van der Waals surface area contributed by atoms with E-state index in [-0.39, 0.29) is 5.82 Å². The van der Waals surface area contributed by atoms with Gasteiger partial charge < -0.3 is 0 Å². The minimum atomic E-state index is -0.204. The molecule has 0 N–H and O–H groups in total. The van der Waals surface area contributed by atoms with E-state index in [9.17, 15) is 4.39 Å². The van der Waals surface area contributed by atoms with E-state index in [1.54, 1.807) is 0 Å². The van der Waals surface area contributed by atoms with E-state index in [2.05, 4.69) is 82.6 Å². The smallest absolute Gasteiger partial charge is 0.207 e. The zero-order valence-corrected chi connectivity index (χ0v) is 19.4. The van der Waals surface area contributed by atoms with Crippen LogP contribution in [0.25, 0.3) is 33.3 Å². The number of rotatable bonds is 4. The van der Waals surface area contributed by atoms with E-state index in [1.165, 1.54) is 56.5 Å². The van der Waals surface area contributed by atoms with Gasteiger partial charge in [-0.3, -0.25) is 0 Å². The highest BCUT2D eigenvalue weighted by molar-refractivity contribution is 5.87. The van der Waals surface area contributed by atoms with Crippen molar-refractivity contribution >= 4 is 10.9 Å². The maximum atomic E-state index is 13.5. The number of fused-ring (bicyclic) bond motifs is 1. The summed E-state index contributed by atoms with van der Waals surface area (Å²) in [4.78, 5) is 0. The van der Waals surface area contributed by atoms with E-state index in [4.69, 9.17) is 0 Å². The van der Waals surface area contributed by atoms with Gasteiger partial charge in [0.05, 0.1) is 0 Å². The molecule has 0 amide bonds. The highest BCUT2D eigenvalue weighted by Crippen LogP contribution is 2.31. The molecule has 0 saturated carbocycles. The lowest BCUT2D eigenvalue weighted by Gasteiger charge is -2.14. The van der Waals surface area contributed by atoms with Crippen molar-refractivity contribution in [2.24, 2.45) is 13.0 Å². The SMILES string of the molecule is Cc1cc(C)c(C)c(-c2ccc3c(CC(C)C)cc(-c4ccc(F)cc4)cc3[n+]2C)c1. The summed E-state index contributed by atoms with van der Waals surface area (Å²) in [6.45, 7) is 11.0. The fourth-order valence-corrected chi connectivity index (χ4v) is 4.56. The van der Waals surface area contributed by atoms with Gasteiger partial charge in [-0.05, 0) is 85.2 Å². The molecule has 0 aliphatic rings. The lowest BCUT2D eigenvalue weighted by Crippen LogP contribution is -2.32. The van der Waals surface area contributed by atoms with Gasteiger partial charge in [-0.15, -0.1) is 0 Å². The molecule has 4 aromatic rings. The van der Waals surface area contributed by atoms with Gasteiger partial charge in [0.2, 0.25) is 11.2 Å². The van der Waals surface area contributed by atoms with Crippen LogP contribution in [0.3, 0.4) is 0 Å². The fourth-order valence-electron chi connectivity index (χ4n) is 4.56. The van der Waals surface area contributed by atoms with Gasteiger partial charge >= 0.3 is 0 Å². The second-order valence-electron chi connectivity index (χ2n) is 9.21. The third-order valence-corrected chi connectivity index (χ3v) is 6.27. The van der Waals surface area contributed by atoms with E-state index >= 15 is 0 Å². The van der Waals surface area contributed by atoms with Gasteiger partial charge in [-0.2, -0.15) is 4.57 Å². The Kier molecular flexibility index (Phi) is 5.66. The quantitative estimate of drug-likeness (QED) is 0.311. The Labute approximate surface area is 185 Å². The van der Waals surface area contributed by atoms with Crippen LogP contribution in [0.1, 0.15) is 36.1 Å². The van der Waals surface area contributed by atoms with Crippen LogP contribution < -0.4 is 4.57 Å². The Morgan fingerprint density at radius 1 is 0.839 bits per heavy atom. The predicted molar refractivity (Wildman–Crippen MR) is 129 cm³/mol. The molecule has 31 heavy (non-hydrogen) atoms. The summed E-state index contributed by atoms with van der Waals surface area (Å²) in [7, 11) is 2.16. The van der Waals surface area contributed by atoms with Crippen LogP contribution in [-0.2, 0) is 13.5 Å². The molecule has 2 heteroatoms. The van der Waals surface area contributed by atoms with Crippen molar-refractivity contribution < 1.29 is 8.96 Å². The lowest BCUT2D eigenvalue weighted by molar-refractivity contribution is -0.633. The second kappa shape index (κ2) is 8.26. The Morgan fingerprint density at radius 3 is 2.23 bits per heavy atom. The topological polar surface area (TPSA) is 3.88 Å². The number of benzene rings is 3. The standard InChI is InChI=1S/C29H31FN/c1-18(2)13-24-16-23(22-7-9-25(30)10-8-22)17-29-26(24)11-12-28(31(29)6)27-15-19(3)14-20(4)21(27)5/h7-12,14-18H,13H2,1-6H3/q+1. The molecule has 0 bridgehead atoms. The Balaban J connectivity index is 2.00. The van der Waals surface area contributed by atoms with Crippen molar-refractivity contribution in [3.05, 3.63) is 88.7 Å². The molecule has 0 radical (unpaired) electrons. The lowest BCUT2D eigenvalue weighted by atomic mass is 9.92. The number of pyridine rings is 1. The Bertz CT molecular complexity index is 1270. The first-order valence-corrected chi connectivity index (χ1v) is 11.0. The molecule has 158 valence electrons. The van der Waals surface area contributed by atoms with E-state index in [0.29, 0.717) is 5.92 Å². The van der Waals surface area contributed by atoms with Crippen molar-refractivity contribution in [1.82, 2.24) is 0 Å². The van der Waals surface area contributed by atoms with Gasteiger partial charge in [0.1, 0.15) is 12.9 Å². The first-order valence-electron chi connectivity index (χ1n) is 11.0. The summed E-state index contributed by atoms with van der Waals surface area (Å²) in [6.07, 6.45) is 1.01. The van der Waals surface area contributed by atoms with Crippen LogP contribution >= 0.6 is 0 Å². The van der Waals surface area contributed by atoms with Crippen LogP contribution in [0, 0.1) is 32.5 Å². The summed E-state index contributed by atoms with van der Waals surface area (Å²) in [6, 6.07) is 20.4. The maximum absolute atomic E-state index is 13.5. The molecule has 4 rings (SSSR count). The molecule has 3 aromatic carbocycles. The number of hydrogen-bond acceptors (Lipinski definition) is 0. The van der Waals surface area contributed by atoms with Crippen LogP contribution in [0.15, 0.2) is 60.7 Å². The molecule has 0 fully saturated rings. The van der Waals surface area contributed by atoms with Gasteiger partial charge in [0.15, 0.2) is 0 Å². The molecular formula is C29H31FN+. The van der Waals surface area contributed by atoms with E-state index in [1.807, 2.05) is 12.1 Å². The largest absolute Gasteiger partial charge is 0.213 e. The average Bonchev–Trinajstić information content (AvgIpc) is 2.71. The normalized spacial score (nSPS) is 11.5. The van der Waals surface area contributed by atoms with Crippen LogP contribution in [0.5, 0.6) is 0 Å². The van der Waals surface area contributed by atoms with Gasteiger partial charge in [-0.1, -0.05) is 43.7 Å². The third kappa shape index (κ3) is 4.12. The maximum Gasteiger partial charge on any atom is 0.213 e. The second-order valence-corrected chi connectivity index (χ2v) is 9.21.